The molecule has 2 aromatic heterocycles. The molecule has 8 aromatic carbocycles. The molecule has 0 unspecified atom stereocenters. The van der Waals surface area contributed by atoms with Crippen molar-refractivity contribution in [2.24, 2.45) is 0 Å². The van der Waals surface area contributed by atoms with Crippen LogP contribution in [-0.4, -0.2) is 14.5 Å². The van der Waals surface area contributed by atoms with Crippen molar-refractivity contribution in [3.05, 3.63) is 216 Å². The predicted molar refractivity (Wildman–Crippen MR) is 249 cm³/mol. The molecule has 0 bridgehead atoms. The Hall–Kier alpha value is -8.38. The van der Waals surface area contributed by atoms with Crippen LogP contribution in [0.5, 0.6) is 0 Å². The fourth-order valence-electron chi connectivity index (χ4n) is 8.57. The van der Waals surface area contributed by atoms with E-state index in [0.29, 0.717) is 17.1 Å². The molecule has 0 fully saturated rings. The molecule has 0 aliphatic heterocycles. The predicted octanol–water partition coefficient (Wildman–Crippen LogP) is 14.6. The van der Waals surface area contributed by atoms with E-state index in [2.05, 4.69) is 132 Å². The number of aromatic nitrogens is 3. The minimum Gasteiger partial charge on any atom is -0.308 e. The number of nitrogens with zero attached hydrogens (tertiary/aromatic N) is 5. The van der Waals surface area contributed by atoms with Gasteiger partial charge in [-0.1, -0.05) is 145 Å². The quantitative estimate of drug-likeness (QED) is 0.151. The molecule has 2 heterocycles. The second-order valence-electron chi connectivity index (χ2n) is 15.4. The summed E-state index contributed by atoms with van der Waals surface area (Å²) in [6.07, 6.45) is 0. The van der Waals surface area contributed by atoms with Gasteiger partial charge in [0.1, 0.15) is 0 Å². The Bertz CT molecular complexity index is 3250. The van der Waals surface area contributed by atoms with Crippen LogP contribution in [0.3, 0.4) is 0 Å². The van der Waals surface area contributed by atoms with E-state index in [4.69, 9.17) is 16.5 Å². The highest BCUT2D eigenvalue weighted by Crippen LogP contribution is 2.45. The molecule has 0 spiro atoms. The number of aryl methyl sites for hydroxylation is 2. The summed E-state index contributed by atoms with van der Waals surface area (Å²) in [5.74, 6) is 0.618. The van der Waals surface area contributed by atoms with Gasteiger partial charge in [0.25, 0.3) is 0 Å². The topological polar surface area (TPSA) is 58.9 Å². The Labute approximate surface area is 355 Å². The highest BCUT2D eigenvalue weighted by molar-refractivity contribution is 6.12. The minimum atomic E-state index is 0.543. The monoisotopic (exact) mass is 779 g/mol. The lowest BCUT2D eigenvalue weighted by Crippen LogP contribution is -2.03. The molecule has 0 saturated heterocycles. The number of rotatable bonds is 7. The van der Waals surface area contributed by atoms with Gasteiger partial charge in [-0.05, 0) is 90.7 Å². The SMILES string of the molecule is [C-]#[N+]c1cccc(-c2cc(-c3cc(-c4ccccc4)nc(-c4ccccc4)n3)cc(-c3cccc(C#N)c3)c2-n2c3ccccc3c3cc(-c4cc(C)cc(C)c4)ccc32)c1. The number of nitriles is 1. The van der Waals surface area contributed by atoms with E-state index in [1.807, 2.05) is 84.9 Å². The van der Waals surface area contributed by atoms with Crippen molar-refractivity contribution in [1.29, 1.82) is 5.26 Å². The van der Waals surface area contributed by atoms with Crippen LogP contribution < -0.4 is 0 Å². The van der Waals surface area contributed by atoms with Gasteiger partial charge < -0.3 is 4.57 Å². The van der Waals surface area contributed by atoms with Gasteiger partial charge in [-0.3, -0.25) is 0 Å². The van der Waals surface area contributed by atoms with Crippen molar-refractivity contribution in [3.8, 4) is 79.0 Å². The molecule has 0 radical (unpaired) electrons. The van der Waals surface area contributed by atoms with Crippen LogP contribution >= 0.6 is 0 Å². The molecule has 0 N–H and O–H groups in total. The zero-order chi connectivity index (χ0) is 41.5. The van der Waals surface area contributed by atoms with Gasteiger partial charge in [-0.25, -0.2) is 14.8 Å². The summed E-state index contributed by atoms with van der Waals surface area (Å²) < 4.78 is 2.36. The van der Waals surface area contributed by atoms with Gasteiger partial charge in [-0.15, -0.1) is 0 Å². The first kappa shape index (κ1) is 36.9. The number of fused-ring (bicyclic) bond motifs is 3. The fraction of sp³-hybridized carbons (Fsp3) is 0.0357. The minimum absolute atomic E-state index is 0.543. The second kappa shape index (κ2) is 15.4. The Morgan fingerprint density at radius 1 is 0.475 bits per heavy atom. The summed E-state index contributed by atoms with van der Waals surface area (Å²) in [7, 11) is 0. The number of hydrogen-bond donors (Lipinski definition) is 0. The molecule has 10 rings (SSSR count). The summed E-state index contributed by atoms with van der Waals surface area (Å²) in [5.41, 5.74) is 16.8. The molecule has 286 valence electrons. The lowest BCUT2D eigenvalue weighted by Gasteiger charge is -2.21. The van der Waals surface area contributed by atoms with Crippen molar-refractivity contribution in [1.82, 2.24) is 14.5 Å². The first-order valence-corrected chi connectivity index (χ1v) is 20.2. The Morgan fingerprint density at radius 2 is 1.08 bits per heavy atom. The first-order chi connectivity index (χ1) is 29.9. The average molecular weight is 780 g/mol. The van der Waals surface area contributed by atoms with Crippen LogP contribution in [0.15, 0.2) is 188 Å². The third kappa shape index (κ3) is 6.91. The second-order valence-corrected chi connectivity index (χ2v) is 15.4. The zero-order valence-corrected chi connectivity index (χ0v) is 33.6. The Morgan fingerprint density at radius 3 is 1.79 bits per heavy atom. The maximum absolute atomic E-state index is 10.2. The molecular formula is C56H37N5. The number of hydrogen-bond acceptors (Lipinski definition) is 3. The lowest BCUT2D eigenvalue weighted by molar-refractivity contribution is 1.17. The summed E-state index contributed by atoms with van der Waals surface area (Å²) in [6.45, 7) is 12.3. The van der Waals surface area contributed by atoms with Crippen LogP contribution in [0.1, 0.15) is 16.7 Å². The van der Waals surface area contributed by atoms with E-state index in [0.717, 1.165) is 83.4 Å². The molecule has 0 amide bonds. The summed E-state index contributed by atoms with van der Waals surface area (Å²) >= 11 is 0. The van der Waals surface area contributed by atoms with E-state index in [9.17, 15) is 5.26 Å². The molecule has 61 heavy (non-hydrogen) atoms. The molecule has 0 aliphatic rings. The molecule has 0 aliphatic carbocycles. The molecular weight excluding hydrogens is 743 g/mol. The number of benzene rings is 8. The third-order valence-electron chi connectivity index (χ3n) is 11.3. The summed E-state index contributed by atoms with van der Waals surface area (Å²) in [5, 5.41) is 12.5. The molecule has 10 aromatic rings. The third-order valence-corrected chi connectivity index (χ3v) is 11.3. The van der Waals surface area contributed by atoms with E-state index >= 15 is 0 Å². The maximum atomic E-state index is 10.2. The van der Waals surface area contributed by atoms with Crippen LogP contribution in [0, 0.1) is 31.8 Å². The molecule has 5 heteroatoms. The Kier molecular flexibility index (Phi) is 9.33. The van der Waals surface area contributed by atoms with E-state index in [-0.39, 0.29) is 0 Å². The van der Waals surface area contributed by atoms with Crippen molar-refractivity contribution in [3.63, 3.8) is 0 Å². The van der Waals surface area contributed by atoms with Gasteiger partial charge >= 0.3 is 0 Å². The smallest absolute Gasteiger partial charge is 0.187 e. The first-order valence-electron chi connectivity index (χ1n) is 20.2. The molecule has 0 saturated carbocycles. The summed E-state index contributed by atoms with van der Waals surface area (Å²) in [4.78, 5) is 14.2. The number of para-hydroxylation sites is 1. The van der Waals surface area contributed by atoms with Crippen molar-refractivity contribution < 1.29 is 0 Å². The van der Waals surface area contributed by atoms with E-state index < -0.39 is 0 Å². The molecule has 0 atom stereocenters. The largest absolute Gasteiger partial charge is 0.308 e. The van der Waals surface area contributed by atoms with Crippen molar-refractivity contribution in [2.75, 3.05) is 0 Å². The van der Waals surface area contributed by atoms with Crippen LogP contribution in [-0.2, 0) is 0 Å². The van der Waals surface area contributed by atoms with Crippen LogP contribution in [0.25, 0.3) is 99.6 Å². The van der Waals surface area contributed by atoms with Gasteiger partial charge in [0.15, 0.2) is 11.5 Å². The average Bonchev–Trinajstić information content (AvgIpc) is 3.64. The lowest BCUT2D eigenvalue weighted by atomic mass is 9.91. The Balaban J connectivity index is 1.33. The zero-order valence-electron chi connectivity index (χ0n) is 33.6. The normalized spacial score (nSPS) is 11.1. The fourth-order valence-corrected chi connectivity index (χ4v) is 8.57. The van der Waals surface area contributed by atoms with Crippen molar-refractivity contribution in [2.45, 2.75) is 13.8 Å². The van der Waals surface area contributed by atoms with Crippen molar-refractivity contribution >= 4 is 27.5 Å². The van der Waals surface area contributed by atoms with Crippen LogP contribution in [0.2, 0.25) is 0 Å². The van der Waals surface area contributed by atoms with Gasteiger partial charge in [-0.2, -0.15) is 5.26 Å². The highest BCUT2D eigenvalue weighted by Gasteiger charge is 2.23. The molecule has 5 nitrogen and oxygen atoms in total. The van der Waals surface area contributed by atoms with Gasteiger partial charge in [0.2, 0.25) is 0 Å². The van der Waals surface area contributed by atoms with E-state index in [1.54, 1.807) is 0 Å². The highest BCUT2D eigenvalue weighted by atomic mass is 15.0. The van der Waals surface area contributed by atoms with Gasteiger partial charge in [0.05, 0.1) is 46.3 Å². The standard InChI is InChI=1S/C56H37N5/c1-36-26-37(2)28-44(27-36)41-24-25-54-50(31-41)47-22-10-11-23-53(47)61(54)55-48(42-19-12-14-38(29-42)35-57)32-45(33-49(55)43-20-13-21-46(30-43)58-3)52-34-51(39-15-6-4-7-16-39)59-56(60-52)40-17-8-5-9-18-40/h4-34H,1-2H3. The summed E-state index contributed by atoms with van der Waals surface area (Å²) in [6, 6.07) is 66.7. The van der Waals surface area contributed by atoms with Crippen LogP contribution in [0.4, 0.5) is 5.69 Å². The maximum Gasteiger partial charge on any atom is 0.187 e. The van der Waals surface area contributed by atoms with E-state index in [1.165, 1.54) is 16.7 Å². The van der Waals surface area contributed by atoms with Gasteiger partial charge in [0, 0.05) is 38.6 Å².